The Morgan fingerprint density at radius 1 is 1.14 bits per heavy atom. The topological polar surface area (TPSA) is 94.1 Å². The predicted octanol–water partition coefficient (Wildman–Crippen LogP) is 4.78. The number of amides is 1. The van der Waals surface area contributed by atoms with Crippen LogP contribution in [0.2, 0.25) is 0 Å². The number of nitrogens with one attached hydrogen (secondary N) is 1. The number of aliphatic carboxylic acids is 1. The molecule has 8 heteroatoms. The van der Waals surface area contributed by atoms with Crippen molar-refractivity contribution in [2.45, 2.75) is 97.0 Å². The molecule has 1 aromatic carbocycles. The van der Waals surface area contributed by atoms with Crippen LogP contribution in [0.15, 0.2) is 30.3 Å². The normalized spacial score (nSPS) is 21.7. The predicted molar refractivity (Wildman–Crippen MR) is 137 cm³/mol. The van der Waals surface area contributed by atoms with Gasteiger partial charge in [-0.05, 0) is 78.3 Å². The lowest BCUT2D eigenvalue weighted by Gasteiger charge is -2.32. The fourth-order valence-electron chi connectivity index (χ4n) is 4.65. The van der Waals surface area contributed by atoms with Crippen LogP contribution >= 0.6 is 0 Å². The Bertz CT molecular complexity index is 929. The summed E-state index contributed by atoms with van der Waals surface area (Å²) in [5.41, 5.74) is 0.254. The van der Waals surface area contributed by atoms with Crippen LogP contribution in [0.5, 0.6) is 0 Å². The third-order valence-corrected chi connectivity index (χ3v) is 7.21. The van der Waals surface area contributed by atoms with E-state index in [0.717, 1.165) is 36.7 Å². The maximum absolute atomic E-state index is 12.4. The van der Waals surface area contributed by atoms with Crippen molar-refractivity contribution in [3.63, 3.8) is 0 Å². The first-order chi connectivity index (χ1) is 16.2. The van der Waals surface area contributed by atoms with Crippen molar-refractivity contribution >= 4 is 30.7 Å². The third kappa shape index (κ3) is 6.88. The van der Waals surface area contributed by atoms with E-state index in [4.69, 9.17) is 14.0 Å². The van der Waals surface area contributed by atoms with Crippen LogP contribution in [0.3, 0.4) is 0 Å². The number of rotatable bonds is 7. The van der Waals surface area contributed by atoms with Gasteiger partial charge >= 0.3 is 19.2 Å². The number of hydrogen-bond donors (Lipinski definition) is 2. The molecule has 1 saturated carbocycles. The van der Waals surface area contributed by atoms with Crippen LogP contribution in [-0.4, -0.2) is 47.1 Å². The molecule has 1 aromatic rings. The van der Waals surface area contributed by atoms with Gasteiger partial charge in [-0.25, -0.2) is 9.59 Å². The molecule has 3 rings (SSSR count). The molecule has 1 heterocycles. The van der Waals surface area contributed by atoms with Gasteiger partial charge in [0.25, 0.3) is 0 Å². The van der Waals surface area contributed by atoms with Gasteiger partial charge in [0.2, 0.25) is 0 Å². The lowest BCUT2D eigenvalue weighted by molar-refractivity contribution is -0.141. The van der Waals surface area contributed by atoms with Gasteiger partial charge in [0.05, 0.1) is 11.2 Å². The molecule has 192 valence electrons. The summed E-state index contributed by atoms with van der Waals surface area (Å²) in [6.07, 6.45) is 7.13. The van der Waals surface area contributed by atoms with Gasteiger partial charge in [0.1, 0.15) is 11.6 Å². The third-order valence-electron chi connectivity index (χ3n) is 7.21. The summed E-state index contributed by atoms with van der Waals surface area (Å²) in [6.45, 7) is 13.3. The number of carboxylic acid groups (broad SMARTS) is 1. The molecule has 0 radical (unpaired) electrons. The van der Waals surface area contributed by atoms with Crippen molar-refractivity contribution in [3.05, 3.63) is 35.9 Å². The zero-order valence-electron chi connectivity index (χ0n) is 22.1. The SMILES string of the molecule is CC(C)(C)OC(=O)N[C@H](C(=O)O)C(C=Cc1cccc(B2OC(C)(C)C(C)(C)O2)c1)C1CCCC1. The molecule has 0 aromatic heterocycles. The van der Waals surface area contributed by atoms with E-state index in [1.807, 2.05) is 64.1 Å². The van der Waals surface area contributed by atoms with Crippen LogP contribution in [0.25, 0.3) is 6.08 Å². The van der Waals surface area contributed by atoms with Gasteiger partial charge in [-0.3, -0.25) is 0 Å². The van der Waals surface area contributed by atoms with E-state index in [1.54, 1.807) is 20.8 Å². The molecule has 2 atom stereocenters. The minimum Gasteiger partial charge on any atom is -0.480 e. The van der Waals surface area contributed by atoms with Crippen LogP contribution < -0.4 is 10.8 Å². The van der Waals surface area contributed by atoms with Crippen molar-refractivity contribution in [3.8, 4) is 0 Å². The Morgan fingerprint density at radius 2 is 1.74 bits per heavy atom. The number of ether oxygens (including phenoxy) is 1. The minimum absolute atomic E-state index is 0.175. The Hall–Kier alpha value is -2.32. The van der Waals surface area contributed by atoms with Crippen LogP contribution in [-0.2, 0) is 18.8 Å². The first kappa shape index (κ1) is 27.3. The van der Waals surface area contributed by atoms with E-state index < -0.39 is 42.0 Å². The number of benzene rings is 1. The molecular weight excluding hydrogens is 445 g/mol. The fraction of sp³-hybridized carbons (Fsp3) is 0.630. The van der Waals surface area contributed by atoms with Crippen molar-refractivity contribution in [2.75, 3.05) is 0 Å². The second-order valence-corrected chi connectivity index (χ2v) is 11.7. The van der Waals surface area contributed by atoms with Gasteiger partial charge in [0, 0.05) is 5.92 Å². The lowest BCUT2D eigenvalue weighted by atomic mass is 9.78. The second-order valence-electron chi connectivity index (χ2n) is 11.7. The molecule has 2 fully saturated rings. The summed E-state index contributed by atoms with van der Waals surface area (Å²) in [6, 6.07) is 6.81. The maximum Gasteiger partial charge on any atom is 0.494 e. The van der Waals surface area contributed by atoms with Crippen LogP contribution in [0.1, 0.15) is 79.7 Å². The molecule has 2 N–H and O–H groups in total. The van der Waals surface area contributed by atoms with E-state index >= 15 is 0 Å². The van der Waals surface area contributed by atoms with E-state index in [1.165, 1.54) is 0 Å². The highest BCUT2D eigenvalue weighted by atomic mass is 16.7. The molecule has 1 aliphatic heterocycles. The largest absolute Gasteiger partial charge is 0.494 e. The van der Waals surface area contributed by atoms with Gasteiger partial charge in [-0.1, -0.05) is 49.3 Å². The highest BCUT2D eigenvalue weighted by Crippen LogP contribution is 2.37. The van der Waals surface area contributed by atoms with E-state index in [2.05, 4.69) is 5.32 Å². The molecule has 35 heavy (non-hydrogen) atoms. The number of carboxylic acids is 1. The van der Waals surface area contributed by atoms with Crippen molar-refractivity contribution in [2.24, 2.45) is 11.8 Å². The Balaban J connectivity index is 1.82. The number of hydrogen-bond acceptors (Lipinski definition) is 5. The van der Waals surface area contributed by atoms with Crippen molar-refractivity contribution < 1.29 is 28.7 Å². The molecule has 1 amide bonds. The Labute approximate surface area is 209 Å². The first-order valence-electron chi connectivity index (χ1n) is 12.5. The molecule has 1 aliphatic carbocycles. The van der Waals surface area contributed by atoms with Crippen LogP contribution in [0.4, 0.5) is 4.79 Å². The van der Waals surface area contributed by atoms with Gasteiger partial charge < -0.3 is 24.5 Å². The number of carbonyl (C=O) groups excluding carboxylic acids is 1. The highest BCUT2D eigenvalue weighted by molar-refractivity contribution is 6.62. The average molecular weight is 485 g/mol. The molecular formula is C27H40BNO6. The molecule has 7 nitrogen and oxygen atoms in total. The average Bonchev–Trinajstić information content (AvgIpc) is 3.32. The van der Waals surface area contributed by atoms with Gasteiger partial charge in [-0.2, -0.15) is 0 Å². The van der Waals surface area contributed by atoms with E-state index in [9.17, 15) is 14.7 Å². The molecule has 1 saturated heterocycles. The zero-order valence-corrected chi connectivity index (χ0v) is 22.1. The monoisotopic (exact) mass is 485 g/mol. The van der Waals surface area contributed by atoms with Gasteiger partial charge in [-0.15, -0.1) is 0 Å². The Kier molecular flexibility index (Phi) is 8.07. The summed E-state index contributed by atoms with van der Waals surface area (Å²) in [5, 5.41) is 12.6. The summed E-state index contributed by atoms with van der Waals surface area (Å²) in [4.78, 5) is 24.6. The van der Waals surface area contributed by atoms with Gasteiger partial charge in [0.15, 0.2) is 0 Å². The standard InChI is InChI=1S/C27H40BNO6/c1-25(2,3)33-24(32)29-22(23(30)31)21(19-12-8-9-13-19)16-15-18-11-10-14-20(17-18)28-34-26(4,5)27(6,7)35-28/h10-11,14-17,19,21-22H,8-9,12-13H2,1-7H3,(H,29,32)(H,30,31)/t21?,22-/m0/s1. The van der Waals surface area contributed by atoms with Crippen LogP contribution in [0, 0.1) is 11.8 Å². The second kappa shape index (κ2) is 10.4. The number of alkyl carbamates (subject to hydrolysis) is 1. The smallest absolute Gasteiger partial charge is 0.480 e. The molecule has 0 bridgehead atoms. The number of carbonyl (C=O) groups is 2. The summed E-state index contributed by atoms with van der Waals surface area (Å²) >= 11 is 0. The maximum atomic E-state index is 12.4. The quantitative estimate of drug-likeness (QED) is 0.540. The zero-order chi connectivity index (χ0) is 26.0. The Morgan fingerprint density at radius 3 is 2.29 bits per heavy atom. The minimum atomic E-state index is -1.07. The van der Waals surface area contributed by atoms with E-state index in [0.29, 0.717) is 0 Å². The molecule has 1 unspecified atom stereocenters. The molecule has 0 spiro atoms. The van der Waals surface area contributed by atoms with Crippen molar-refractivity contribution in [1.29, 1.82) is 0 Å². The summed E-state index contributed by atoms with van der Waals surface area (Å²) in [7, 11) is -0.473. The summed E-state index contributed by atoms with van der Waals surface area (Å²) < 4.78 is 17.7. The first-order valence-corrected chi connectivity index (χ1v) is 12.5. The lowest BCUT2D eigenvalue weighted by Crippen LogP contribution is -2.48. The van der Waals surface area contributed by atoms with E-state index in [-0.39, 0.29) is 11.8 Å². The summed E-state index contributed by atoms with van der Waals surface area (Å²) in [5.74, 6) is -1.25. The van der Waals surface area contributed by atoms with Crippen molar-refractivity contribution in [1.82, 2.24) is 5.32 Å². The molecule has 2 aliphatic rings. The fourth-order valence-corrected chi connectivity index (χ4v) is 4.65. The highest BCUT2D eigenvalue weighted by Gasteiger charge is 2.51.